The maximum absolute atomic E-state index is 14.6. The molecule has 4 aliphatic rings. The zero-order chi connectivity index (χ0) is 40.4. The normalized spacial score (nSPS) is 23.2. The number of alkyl carbamates (subject to hydrolysis) is 1. The smallest absolute Gasteiger partial charge is 0.408 e. The number of nitrogens with one attached hydrogen (secondary N) is 3. The fraction of sp³-hybridized carbons (Fsp3) is 0.537. The Hall–Kier alpha value is -4.92. The summed E-state index contributed by atoms with van der Waals surface area (Å²) in [7, 11) is -2.37. The van der Waals surface area contributed by atoms with Crippen LogP contribution in [0.25, 0.3) is 22.0 Å². The second-order valence-corrected chi connectivity index (χ2v) is 19.7. The van der Waals surface area contributed by atoms with Gasteiger partial charge in [0, 0.05) is 23.3 Å². The Morgan fingerprint density at radius 3 is 2.23 bits per heavy atom. The SMILES string of the molecule is COc1cc(O[C@@H]2C[C@@H](C(=O)NC3(C(=O)NS(=O)(=O)C4CC4)CC34CC4)N(C(=O)[C@@H](NC(=O)OC(C)(C)C)C(C)(C)C)C2)c2ccc(-c3ccccc3)cc2n1. The van der Waals surface area contributed by atoms with Crippen LogP contribution in [0.5, 0.6) is 11.6 Å². The van der Waals surface area contributed by atoms with Crippen LogP contribution in [0.15, 0.2) is 54.6 Å². The van der Waals surface area contributed by atoms with Gasteiger partial charge in [-0.1, -0.05) is 57.2 Å². The third-order valence-electron chi connectivity index (χ3n) is 11.1. The van der Waals surface area contributed by atoms with Crippen molar-refractivity contribution in [2.45, 2.75) is 115 Å². The first-order chi connectivity index (χ1) is 26.2. The zero-order valence-corrected chi connectivity index (χ0v) is 33.7. The fourth-order valence-corrected chi connectivity index (χ4v) is 9.08. The molecule has 7 rings (SSSR count). The lowest BCUT2D eigenvalue weighted by Gasteiger charge is -2.36. The third kappa shape index (κ3) is 7.87. The summed E-state index contributed by atoms with van der Waals surface area (Å²) in [4.78, 5) is 61.9. The van der Waals surface area contributed by atoms with Gasteiger partial charge >= 0.3 is 6.09 Å². The van der Waals surface area contributed by atoms with Crippen molar-refractivity contribution in [1.29, 1.82) is 0 Å². The first kappa shape index (κ1) is 39.3. The van der Waals surface area contributed by atoms with E-state index >= 15 is 0 Å². The Kier molecular flexibility index (Phi) is 9.78. The van der Waals surface area contributed by atoms with E-state index in [0.29, 0.717) is 54.6 Å². The van der Waals surface area contributed by atoms with E-state index in [0.717, 1.165) is 11.1 Å². The van der Waals surface area contributed by atoms with Gasteiger partial charge in [0.05, 0.1) is 24.4 Å². The molecule has 1 unspecified atom stereocenters. The molecule has 2 heterocycles. The van der Waals surface area contributed by atoms with Crippen LogP contribution in [0.2, 0.25) is 0 Å². The van der Waals surface area contributed by atoms with Gasteiger partial charge in [0.15, 0.2) is 0 Å². The average molecular weight is 790 g/mol. The predicted octanol–water partition coefficient (Wildman–Crippen LogP) is 4.85. The average Bonchev–Trinajstić information content (AvgIpc) is 4.07. The van der Waals surface area contributed by atoms with Crippen molar-refractivity contribution in [3.8, 4) is 22.8 Å². The first-order valence-corrected chi connectivity index (χ1v) is 20.7. The predicted molar refractivity (Wildman–Crippen MR) is 208 cm³/mol. The molecule has 14 nitrogen and oxygen atoms in total. The summed E-state index contributed by atoms with van der Waals surface area (Å²) in [5.41, 5.74) is -1.00. The fourth-order valence-electron chi connectivity index (χ4n) is 7.72. The van der Waals surface area contributed by atoms with E-state index in [9.17, 15) is 27.6 Å². The Morgan fingerprint density at radius 2 is 1.64 bits per heavy atom. The number of rotatable bonds is 11. The summed E-state index contributed by atoms with van der Waals surface area (Å²) >= 11 is 0. The molecule has 4 atom stereocenters. The van der Waals surface area contributed by atoms with Crippen molar-refractivity contribution < 1.29 is 41.8 Å². The molecule has 0 bridgehead atoms. The second-order valence-electron chi connectivity index (χ2n) is 17.7. The van der Waals surface area contributed by atoms with E-state index in [2.05, 4.69) is 20.3 Å². The molecule has 3 N–H and O–H groups in total. The number of carbonyl (C=O) groups excluding carboxylic acids is 4. The molecule has 3 aliphatic carbocycles. The highest BCUT2D eigenvalue weighted by molar-refractivity contribution is 7.91. The highest BCUT2D eigenvalue weighted by Crippen LogP contribution is 2.73. The molecule has 1 saturated heterocycles. The minimum atomic E-state index is -3.87. The molecule has 4 amide bonds. The monoisotopic (exact) mass is 789 g/mol. The number of nitrogens with zero attached hydrogens (tertiary/aromatic N) is 2. The van der Waals surface area contributed by atoms with Gasteiger partial charge < -0.3 is 29.7 Å². The topological polar surface area (TPSA) is 182 Å². The molecular formula is C41H51N5O9S. The molecule has 1 aliphatic heterocycles. The maximum Gasteiger partial charge on any atom is 0.408 e. The van der Waals surface area contributed by atoms with Gasteiger partial charge in [0.1, 0.15) is 35.1 Å². The summed E-state index contributed by atoms with van der Waals surface area (Å²) in [6, 6.07) is 15.1. The Morgan fingerprint density at radius 1 is 0.946 bits per heavy atom. The lowest BCUT2D eigenvalue weighted by atomic mass is 9.85. The number of pyridine rings is 1. The Bertz CT molecular complexity index is 2170. The summed E-state index contributed by atoms with van der Waals surface area (Å²) in [6.07, 6.45) is 1.13. The van der Waals surface area contributed by atoms with Crippen molar-refractivity contribution in [2.75, 3.05) is 13.7 Å². The zero-order valence-electron chi connectivity index (χ0n) is 32.9. The van der Waals surface area contributed by atoms with Crippen LogP contribution in [0.1, 0.15) is 80.1 Å². The van der Waals surface area contributed by atoms with E-state index in [4.69, 9.17) is 14.2 Å². The number of likely N-dealkylation sites (tertiary alicyclic amines) is 1. The summed E-state index contributed by atoms with van der Waals surface area (Å²) < 4.78 is 45.5. The number of benzene rings is 2. The summed E-state index contributed by atoms with van der Waals surface area (Å²) in [5.74, 6) is -1.15. The number of hydrogen-bond donors (Lipinski definition) is 3. The molecule has 56 heavy (non-hydrogen) atoms. The van der Waals surface area contributed by atoms with Gasteiger partial charge in [-0.2, -0.15) is 0 Å². The third-order valence-corrected chi connectivity index (χ3v) is 13.0. The molecule has 1 aromatic heterocycles. The van der Waals surface area contributed by atoms with Crippen LogP contribution in [-0.4, -0.2) is 90.3 Å². The number of fused-ring (bicyclic) bond motifs is 1. The van der Waals surface area contributed by atoms with Crippen LogP contribution >= 0.6 is 0 Å². The van der Waals surface area contributed by atoms with Gasteiger partial charge in [0.2, 0.25) is 27.7 Å². The van der Waals surface area contributed by atoms with Crippen LogP contribution in [-0.2, 0) is 29.1 Å². The molecular weight excluding hydrogens is 739 g/mol. The van der Waals surface area contributed by atoms with Crippen molar-refractivity contribution in [3.05, 3.63) is 54.6 Å². The number of ether oxygens (including phenoxy) is 3. The van der Waals surface area contributed by atoms with Gasteiger partial charge in [0.25, 0.3) is 5.91 Å². The Balaban J connectivity index is 1.20. The first-order valence-electron chi connectivity index (χ1n) is 19.1. The highest BCUT2D eigenvalue weighted by Gasteiger charge is 2.79. The number of hydrogen-bond acceptors (Lipinski definition) is 10. The standard InChI is InChI=1S/C41H51N5O9S/c1-38(2,3)33(43-37(50)55-39(4,5)6)35(48)46-22-26(54-31-21-32(53-7)42-29-19-25(13-16-28(29)31)24-11-9-8-10-12-24)20-30(46)34(47)44-41(23-40(41)17-18-40)36(49)45-56(51,52)27-14-15-27/h8-13,16,19,21,26-27,30,33H,14-15,17-18,20,22-23H2,1-7H3,(H,43,50)(H,44,47)(H,45,49)/t26-,30+,33-,41?/m1/s1. The van der Waals surface area contributed by atoms with Gasteiger partial charge in [-0.25, -0.2) is 18.2 Å². The summed E-state index contributed by atoms with van der Waals surface area (Å²) in [5, 5.41) is 5.74. The molecule has 3 aromatic rings. The molecule has 4 fully saturated rings. The van der Waals surface area contributed by atoms with Gasteiger partial charge in [-0.3, -0.25) is 19.1 Å². The minimum Gasteiger partial charge on any atom is -0.488 e. The number of carbonyl (C=O) groups is 4. The number of methoxy groups -OCH3 is 1. The molecule has 1 spiro atoms. The van der Waals surface area contributed by atoms with Crippen molar-refractivity contribution >= 4 is 44.7 Å². The van der Waals surface area contributed by atoms with Gasteiger partial charge in [-0.15, -0.1) is 0 Å². The molecule has 0 radical (unpaired) electrons. The number of amides is 4. The van der Waals surface area contributed by atoms with E-state index in [1.165, 1.54) is 12.0 Å². The number of aromatic nitrogens is 1. The molecule has 15 heteroatoms. The second kappa shape index (κ2) is 13.9. The summed E-state index contributed by atoms with van der Waals surface area (Å²) in [6.45, 7) is 10.5. The van der Waals surface area contributed by atoms with Crippen LogP contribution < -0.4 is 24.8 Å². The van der Waals surface area contributed by atoms with Crippen molar-refractivity contribution in [1.82, 2.24) is 25.2 Å². The molecule has 3 saturated carbocycles. The highest BCUT2D eigenvalue weighted by atomic mass is 32.2. The van der Waals surface area contributed by atoms with Gasteiger partial charge in [-0.05, 0) is 81.5 Å². The maximum atomic E-state index is 14.6. The quantitative estimate of drug-likeness (QED) is 0.243. The van der Waals surface area contributed by atoms with E-state index in [-0.39, 0.29) is 13.0 Å². The molecule has 300 valence electrons. The lowest BCUT2D eigenvalue weighted by molar-refractivity contribution is -0.143. The van der Waals surface area contributed by atoms with E-state index in [1.807, 2.05) is 48.5 Å². The Labute approximate surface area is 327 Å². The molecule has 2 aromatic carbocycles. The van der Waals surface area contributed by atoms with E-state index < -0.39 is 79.2 Å². The van der Waals surface area contributed by atoms with E-state index in [1.54, 1.807) is 47.6 Å². The van der Waals surface area contributed by atoms with Crippen LogP contribution in [0, 0.1) is 10.8 Å². The minimum absolute atomic E-state index is 0.0336. The lowest BCUT2D eigenvalue weighted by Crippen LogP contribution is -2.60. The van der Waals surface area contributed by atoms with Crippen LogP contribution in [0.3, 0.4) is 0 Å². The van der Waals surface area contributed by atoms with Crippen molar-refractivity contribution in [2.24, 2.45) is 10.8 Å². The van der Waals surface area contributed by atoms with Crippen LogP contribution in [0.4, 0.5) is 4.79 Å². The largest absolute Gasteiger partial charge is 0.488 e. The number of sulfonamides is 1. The van der Waals surface area contributed by atoms with Crippen molar-refractivity contribution in [3.63, 3.8) is 0 Å².